The van der Waals surface area contributed by atoms with Crippen LogP contribution in [0.1, 0.15) is 38.8 Å². The van der Waals surface area contributed by atoms with Gasteiger partial charge < -0.3 is 15.0 Å². The lowest BCUT2D eigenvalue weighted by Gasteiger charge is -2.31. The van der Waals surface area contributed by atoms with Crippen LogP contribution in [0.25, 0.3) is 0 Å². The topological polar surface area (TPSA) is 58.6 Å². The summed E-state index contributed by atoms with van der Waals surface area (Å²) in [4.78, 5) is 27.3. The first-order chi connectivity index (χ1) is 14.0. The first-order valence-corrected chi connectivity index (χ1v) is 10.5. The Balaban J connectivity index is 2.23. The molecule has 0 bridgehead atoms. The van der Waals surface area contributed by atoms with Crippen molar-refractivity contribution >= 4 is 35.0 Å². The predicted molar refractivity (Wildman–Crippen MR) is 121 cm³/mol. The Bertz CT molecular complexity index is 872. The number of amides is 2. The van der Waals surface area contributed by atoms with Crippen LogP contribution in [-0.4, -0.2) is 34.9 Å². The Hall–Kier alpha value is -2.24. The first kappa shape index (κ1) is 24.0. The molecule has 0 saturated heterocycles. The molecular weight excluding hydrogens is 423 g/mol. The van der Waals surface area contributed by atoms with E-state index in [9.17, 15) is 9.59 Å². The molecule has 0 heterocycles. The molecule has 1 N–H and O–H groups in total. The fourth-order valence-corrected chi connectivity index (χ4v) is 3.29. The monoisotopic (exact) mass is 450 g/mol. The summed E-state index contributed by atoms with van der Waals surface area (Å²) >= 11 is 12.6. The summed E-state index contributed by atoms with van der Waals surface area (Å²) in [5, 5.41) is 3.78. The number of rotatable bonds is 7. The summed E-state index contributed by atoms with van der Waals surface area (Å²) in [6.07, 6.45) is 0. The molecule has 0 fully saturated rings. The summed E-state index contributed by atoms with van der Waals surface area (Å²) in [5.74, 6) is -0.0334. The Kier molecular flexibility index (Phi) is 8.16. The molecule has 7 heteroatoms. The molecule has 0 aliphatic heterocycles. The van der Waals surface area contributed by atoms with Crippen molar-refractivity contribution in [3.63, 3.8) is 0 Å². The summed E-state index contributed by atoms with van der Waals surface area (Å²) in [6.45, 7) is 9.18. The molecular formula is C23H28Cl2N2O3. The third kappa shape index (κ3) is 6.92. The fraction of sp³-hybridized carbons (Fsp3) is 0.391. The van der Waals surface area contributed by atoms with Crippen LogP contribution in [0.3, 0.4) is 0 Å². The zero-order valence-electron chi connectivity index (χ0n) is 18.0. The number of ether oxygens (including phenoxy) is 1. The van der Waals surface area contributed by atoms with Crippen LogP contribution in [0.15, 0.2) is 42.5 Å². The van der Waals surface area contributed by atoms with Gasteiger partial charge in [0.15, 0.2) is 6.61 Å². The van der Waals surface area contributed by atoms with Gasteiger partial charge >= 0.3 is 0 Å². The van der Waals surface area contributed by atoms with E-state index in [1.54, 1.807) is 37.3 Å². The van der Waals surface area contributed by atoms with E-state index in [0.29, 0.717) is 21.4 Å². The van der Waals surface area contributed by atoms with Crippen molar-refractivity contribution < 1.29 is 14.3 Å². The van der Waals surface area contributed by atoms with E-state index in [1.807, 2.05) is 39.8 Å². The molecule has 2 amide bonds. The van der Waals surface area contributed by atoms with Crippen molar-refractivity contribution in [2.45, 2.75) is 52.7 Å². The minimum atomic E-state index is -0.745. The van der Waals surface area contributed by atoms with Crippen LogP contribution in [-0.2, 0) is 16.1 Å². The SMILES string of the molecule is Cc1ccc(OCC(=O)N(Cc2c(Cl)cccc2Cl)C(C)C(=O)NC(C)(C)C)cc1. The summed E-state index contributed by atoms with van der Waals surface area (Å²) in [6, 6.07) is 11.8. The van der Waals surface area contributed by atoms with Crippen molar-refractivity contribution in [2.75, 3.05) is 6.61 Å². The Morgan fingerprint density at radius 1 is 1.07 bits per heavy atom. The van der Waals surface area contributed by atoms with Gasteiger partial charge in [0.05, 0.1) is 0 Å². The molecule has 5 nitrogen and oxygen atoms in total. The highest BCUT2D eigenvalue weighted by Crippen LogP contribution is 2.26. The maximum absolute atomic E-state index is 13.1. The molecule has 30 heavy (non-hydrogen) atoms. The van der Waals surface area contributed by atoms with E-state index in [2.05, 4.69) is 5.32 Å². The van der Waals surface area contributed by atoms with E-state index >= 15 is 0 Å². The second-order valence-corrected chi connectivity index (χ2v) is 9.05. The molecule has 0 aliphatic carbocycles. The van der Waals surface area contributed by atoms with Crippen molar-refractivity contribution in [2.24, 2.45) is 0 Å². The van der Waals surface area contributed by atoms with Crippen LogP contribution >= 0.6 is 23.2 Å². The van der Waals surface area contributed by atoms with Gasteiger partial charge in [-0.1, -0.05) is 47.0 Å². The van der Waals surface area contributed by atoms with E-state index in [0.717, 1.165) is 5.56 Å². The first-order valence-electron chi connectivity index (χ1n) is 9.72. The van der Waals surface area contributed by atoms with Gasteiger partial charge in [0.2, 0.25) is 5.91 Å². The van der Waals surface area contributed by atoms with Crippen molar-refractivity contribution in [1.29, 1.82) is 0 Å². The van der Waals surface area contributed by atoms with E-state index in [4.69, 9.17) is 27.9 Å². The number of hydrogen-bond acceptors (Lipinski definition) is 3. The van der Waals surface area contributed by atoms with Crippen molar-refractivity contribution in [3.05, 3.63) is 63.6 Å². The summed E-state index contributed by atoms with van der Waals surface area (Å²) < 4.78 is 5.64. The van der Waals surface area contributed by atoms with Gasteiger partial charge in [0.1, 0.15) is 11.8 Å². The number of carbonyl (C=O) groups excluding carboxylic acids is 2. The number of nitrogens with zero attached hydrogens (tertiary/aromatic N) is 1. The van der Waals surface area contributed by atoms with Crippen LogP contribution in [0.4, 0.5) is 0 Å². The number of aryl methyl sites for hydroxylation is 1. The van der Waals surface area contributed by atoms with Crippen molar-refractivity contribution in [3.8, 4) is 5.75 Å². The molecule has 0 aromatic heterocycles. The Morgan fingerprint density at radius 3 is 2.17 bits per heavy atom. The third-order valence-corrected chi connectivity index (χ3v) is 5.15. The fourth-order valence-electron chi connectivity index (χ4n) is 2.77. The average molecular weight is 451 g/mol. The quantitative estimate of drug-likeness (QED) is 0.644. The molecule has 2 aromatic carbocycles. The largest absolute Gasteiger partial charge is 0.484 e. The highest BCUT2D eigenvalue weighted by atomic mass is 35.5. The number of benzene rings is 2. The van der Waals surface area contributed by atoms with Gasteiger partial charge in [-0.15, -0.1) is 0 Å². The highest BCUT2D eigenvalue weighted by molar-refractivity contribution is 6.36. The predicted octanol–water partition coefficient (Wildman–Crippen LogP) is 5.01. The summed E-state index contributed by atoms with van der Waals surface area (Å²) in [7, 11) is 0. The van der Waals surface area contributed by atoms with Gasteiger partial charge in [0.25, 0.3) is 5.91 Å². The van der Waals surface area contributed by atoms with Gasteiger partial charge in [-0.2, -0.15) is 0 Å². The van der Waals surface area contributed by atoms with Crippen LogP contribution in [0, 0.1) is 6.92 Å². The minimum absolute atomic E-state index is 0.0906. The van der Waals surface area contributed by atoms with E-state index < -0.39 is 11.6 Å². The smallest absolute Gasteiger partial charge is 0.261 e. The molecule has 2 rings (SSSR count). The standard InChI is InChI=1S/C23H28Cl2N2O3/c1-15-9-11-17(12-10-15)30-14-21(28)27(16(2)22(29)26-23(3,4)5)13-18-19(24)7-6-8-20(18)25/h6-12,16H,13-14H2,1-5H3,(H,26,29). The zero-order chi connectivity index (χ0) is 22.5. The molecule has 0 radical (unpaired) electrons. The number of halogens is 2. The van der Waals surface area contributed by atoms with E-state index in [1.165, 1.54) is 4.90 Å². The molecule has 162 valence electrons. The van der Waals surface area contributed by atoms with Gasteiger partial charge in [-0.3, -0.25) is 9.59 Å². The molecule has 1 unspecified atom stereocenters. The number of hydrogen-bond donors (Lipinski definition) is 1. The van der Waals surface area contributed by atoms with Crippen LogP contribution in [0.2, 0.25) is 10.0 Å². The highest BCUT2D eigenvalue weighted by Gasteiger charge is 2.29. The number of nitrogens with one attached hydrogen (secondary N) is 1. The normalized spacial score (nSPS) is 12.2. The van der Waals surface area contributed by atoms with Gasteiger partial charge in [0, 0.05) is 27.7 Å². The Morgan fingerprint density at radius 2 is 1.63 bits per heavy atom. The Labute approximate surface area is 188 Å². The molecule has 2 aromatic rings. The lowest BCUT2D eigenvalue weighted by molar-refractivity contribution is -0.142. The molecule has 0 aliphatic rings. The zero-order valence-corrected chi connectivity index (χ0v) is 19.5. The van der Waals surface area contributed by atoms with Gasteiger partial charge in [-0.25, -0.2) is 0 Å². The molecule has 1 atom stereocenters. The number of carbonyl (C=O) groups is 2. The van der Waals surface area contributed by atoms with Crippen molar-refractivity contribution in [1.82, 2.24) is 10.2 Å². The lowest BCUT2D eigenvalue weighted by Crippen LogP contribution is -2.53. The maximum Gasteiger partial charge on any atom is 0.261 e. The maximum atomic E-state index is 13.1. The second-order valence-electron chi connectivity index (χ2n) is 8.24. The average Bonchev–Trinajstić information content (AvgIpc) is 2.65. The van der Waals surface area contributed by atoms with Crippen LogP contribution < -0.4 is 10.1 Å². The van der Waals surface area contributed by atoms with Gasteiger partial charge in [-0.05, 0) is 58.9 Å². The second kappa shape index (κ2) is 10.2. The minimum Gasteiger partial charge on any atom is -0.484 e. The molecule has 0 saturated carbocycles. The lowest BCUT2D eigenvalue weighted by atomic mass is 10.1. The van der Waals surface area contributed by atoms with E-state index in [-0.39, 0.29) is 25.0 Å². The summed E-state index contributed by atoms with van der Waals surface area (Å²) in [5.41, 5.74) is 1.25. The molecule has 0 spiro atoms. The van der Waals surface area contributed by atoms with Crippen LogP contribution in [0.5, 0.6) is 5.75 Å². The third-order valence-electron chi connectivity index (χ3n) is 4.44.